The van der Waals surface area contributed by atoms with Crippen LogP contribution in [-0.4, -0.2) is 24.4 Å². The highest BCUT2D eigenvalue weighted by molar-refractivity contribution is 7.89. The number of hydrogen-bond acceptors (Lipinski definition) is 3. The molecule has 1 aromatic heterocycles. The summed E-state index contributed by atoms with van der Waals surface area (Å²) in [6, 6.07) is 8.66. The summed E-state index contributed by atoms with van der Waals surface area (Å²) in [5.74, 6) is -0.183. The van der Waals surface area contributed by atoms with Gasteiger partial charge < -0.3 is 0 Å². The van der Waals surface area contributed by atoms with Crippen molar-refractivity contribution < 1.29 is 13.2 Å². The molecule has 0 fully saturated rings. The Morgan fingerprint density at radius 1 is 1.06 bits per heavy atom. The molecule has 0 bridgehead atoms. The van der Waals surface area contributed by atoms with Gasteiger partial charge in [-0.2, -0.15) is 0 Å². The Balaban J connectivity index is 2.35. The number of hydrogen-bond donors (Lipinski definition) is 0. The Morgan fingerprint density at radius 2 is 1.67 bits per heavy atom. The van der Waals surface area contributed by atoms with E-state index in [2.05, 4.69) is 0 Å². The topological polar surface area (TPSA) is 56.1 Å². The molecule has 1 aromatic carbocycles. The Hall–Kier alpha value is -1.88. The minimum atomic E-state index is -3.34. The molecular formula is C13H13NO3S. The van der Waals surface area contributed by atoms with E-state index in [0.717, 1.165) is 15.8 Å². The minimum absolute atomic E-state index is 0.183. The third-order valence-corrected chi connectivity index (χ3v) is 3.62. The van der Waals surface area contributed by atoms with Crippen molar-refractivity contribution in [3.63, 3.8) is 0 Å². The van der Waals surface area contributed by atoms with Crippen molar-refractivity contribution in [1.82, 2.24) is 3.97 Å². The van der Waals surface area contributed by atoms with E-state index < -0.39 is 10.0 Å². The zero-order valence-corrected chi connectivity index (χ0v) is 10.9. The van der Waals surface area contributed by atoms with Gasteiger partial charge in [-0.25, -0.2) is 8.42 Å². The molecule has 0 saturated carbocycles. The van der Waals surface area contributed by atoms with Crippen LogP contribution in [0.3, 0.4) is 0 Å². The molecule has 18 heavy (non-hydrogen) atoms. The second kappa shape index (κ2) is 4.42. The fourth-order valence-corrected chi connectivity index (χ4v) is 2.18. The summed E-state index contributed by atoms with van der Waals surface area (Å²) in [7, 11) is -3.34. The summed E-state index contributed by atoms with van der Waals surface area (Å²) in [4.78, 5) is 12.1. The van der Waals surface area contributed by atoms with E-state index in [9.17, 15) is 13.2 Å². The molecule has 0 aliphatic heterocycles. The van der Waals surface area contributed by atoms with Crippen LogP contribution >= 0.6 is 0 Å². The second-order valence-corrected chi connectivity index (χ2v) is 6.08. The van der Waals surface area contributed by atoms with Gasteiger partial charge in [0.1, 0.15) is 0 Å². The molecule has 0 N–H and O–H groups in total. The molecule has 2 rings (SSSR count). The van der Waals surface area contributed by atoms with E-state index in [1.165, 1.54) is 18.5 Å². The molecule has 0 atom stereocenters. The van der Waals surface area contributed by atoms with Crippen molar-refractivity contribution in [3.8, 4) is 0 Å². The average Bonchev–Trinajstić information content (AvgIpc) is 2.78. The number of aromatic nitrogens is 1. The van der Waals surface area contributed by atoms with E-state index in [0.29, 0.717) is 11.1 Å². The van der Waals surface area contributed by atoms with E-state index >= 15 is 0 Å². The third-order valence-electron chi connectivity index (χ3n) is 2.63. The number of carbonyl (C=O) groups excluding carboxylic acids is 1. The highest BCUT2D eigenvalue weighted by Gasteiger charge is 2.13. The first kappa shape index (κ1) is 12.6. The average molecular weight is 263 g/mol. The maximum atomic E-state index is 12.1. The lowest BCUT2D eigenvalue weighted by molar-refractivity contribution is 0.103. The lowest BCUT2D eigenvalue weighted by atomic mass is 10.0. The van der Waals surface area contributed by atoms with E-state index in [4.69, 9.17) is 0 Å². The van der Waals surface area contributed by atoms with Crippen LogP contribution in [0.5, 0.6) is 0 Å². The van der Waals surface area contributed by atoms with Crippen molar-refractivity contribution in [2.75, 3.05) is 6.26 Å². The van der Waals surface area contributed by atoms with E-state index in [1.54, 1.807) is 12.1 Å². The molecule has 1 heterocycles. The van der Waals surface area contributed by atoms with Gasteiger partial charge in [-0.1, -0.05) is 29.8 Å². The molecule has 0 amide bonds. The maximum absolute atomic E-state index is 12.1. The highest BCUT2D eigenvalue weighted by Crippen LogP contribution is 2.12. The summed E-state index contributed by atoms with van der Waals surface area (Å²) in [6.07, 6.45) is 3.79. The van der Waals surface area contributed by atoms with Gasteiger partial charge in [0, 0.05) is 23.5 Å². The predicted molar refractivity (Wildman–Crippen MR) is 69.3 cm³/mol. The van der Waals surface area contributed by atoms with Gasteiger partial charge in [0.05, 0.1) is 6.26 Å². The van der Waals surface area contributed by atoms with E-state index in [1.807, 2.05) is 19.1 Å². The lowest BCUT2D eigenvalue weighted by Gasteiger charge is -1.99. The smallest absolute Gasteiger partial charge is 0.235 e. The summed E-state index contributed by atoms with van der Waals surface area (Å²) in [5, 5.41) is 0. The van der Waals surface area contributed by atoms with Gasteiger partial charge in [0.15, 0.2) is 5.78 Å². The first-order valence-electron chi connectivity index (χ1n) is 5.38. The summed E-state index contributed by atoms with van der Waals surface area (Å²) in [6.45, 7) is 1.94. The van der Waals surface area contributed by atoms with Gasteiger partial charge in [-0.05, 0) is 13.0 Å². The maximum Gasteiger partial charge on any atom is 0.235 e. The molecule has 0 unspecified atom stereocenters. The molecule has 0 aliphatic carbocycles. The van der Waals surface area contributed by atoms with Gasteiger partial charge in [-0.3, -0.25) is 8.77 Å². The second-order valence-electron chi connectivity index (χ2n) is 4.19. The standard InChI is InChI=1S/C13H13NO3S/c1-10-3-5-11(6-4-10)13(15)12-7-8-14(9-12)18(2,16)17/h3-9H,1-2H3. The van der Waals surface area contributed by atoms with Crippen LogP contribution in [0.15, 0.2) is 42.7 Å². The molecule has 0 aliphatic rings. The van der Waals surface area contributed by atoms with Gasteiger partial charge >= 0.3 is 0 Å². The lowest BCUT2D eigenvalue weighted by Crippen LogP contribution is -2.07. The number of ketones is 1. The van der Waals surface area contributed by atoms with Crippen molar-refractivity contribution in [3.05, 3.63) is 59.4 Å². The fourth-order valence-electron chi connectivity index (χ4n) is 1.59. The normalized spacial score (nSPS) is 11.4. The van der Waals surface area contributed by atoms with Crippen molar-refractivity contribution in [2.45, 2.75) is 6.92 Å². The zero-order valence-electron chi connectivity index (χ0n) is 10.1. The number of benzene rings is 1. The Labute approximate surface area is 106 Å². The highest BCUT2D eigenvalue weighted by atomic mass is 32.2. The van der Waals surface area contributed by atoms with Crippen LogP contribution in [0.25, 0.3) is 0 Å². The molecule has 2 aromatic rings. The molecule has 4 nitrogen and oxygen atoms in total. The van der Waals surface area contributed by atoms with Crippen LogP contribution in [0.4, 0.5) is 0 Å². The summed E-state index contributed by atoms with van der Waals surface area (Å²) >= 11 is 0. The quantitative estimate of drug-likeness (QED) is 0.794. The first-order valence-corrected chi connectivity index (χ1v) is 7.23. The molecule has 0 saturated heterocycles. The minimum Gasteiger partial charge on any atom is -0.289 e. The number of rotatable bonds is 3. The SMILES string of the molecule is Cc1ccc(C(=O)c2ccn(S(C)(=O)=O)c2)cc1. The van der Waals surface area contributed by atoms with Crippen LogP contribution in [0.1, 0.15) is 21.5 Å². The van der Waals surface area contributed by atoms with Crippen molar-refractivity contribution in [1.29, 1.82) is 0 Å². The van der Waals surface area contributed by atoms with Crippen LogP contribution in [0, 0.1) is 6.92 Å². The molecular weight excluding hydrogens is 250 g/mol. The Kier molecular flexibility index (Phi) is 3.09. The zero-order chi connectivity index (χ0) is 13.3. The summed E-state index contributed by atoms with van der Waals surface area (Å²) < 4.78 is 23.6. The van der Waals surface area contributed by atoms with Crippen molar-refractivity contribution >= 4 is 15.8 Å². The van der Waals surface area contributed by atoms with Crippen LogP contribution in [0.2, 0.25) is 0 Å². The molecule has 94 valence electrons. The van der Waals surface area contributed by atoms with Gasteiger partial charge in [0.25, 0.3) is 0 Å². The molecule has 5 heteroatoms. The Bertz CT molecular complexity index is 681. The number of aryl methyl sites for hydroxylation is 1. The van der Waals surface area contributed by atoms with Crippen LogP contribution < -0.4 is 0 Å². The Morgan fingerprint density at radius 3 is 2.17 bits per heavy atom. The van der Waals surface area contributed by atoms with E-state index in [-0.39, 0.29) is 5.78 Å². The fraction of sp³-hybridized carbons (Fsp3) is 0.154. The summed E-state index contributed by atoms with van der Waals surface area (Å²) in [5.41, 5.74) is 1.98. The monoisotopic (exact) mass is 263 g/mol. The van der Waals surface area contributed by atoms with Crippen molar-refractivity contribution in [2.24, 2.45) is 0 Å². The van der Waals surface area contributed by atoms with Gasteiger partial charge in [-0.15, -0.1) is 0 Å². The largest absolute Gasteiger partial charge is 0.289 e. The number of carbonyl (C=O) groups is 1. The van der Waals surface area contributed by atoms with Gasteiger partial charge in [0.2, 0.25) is 10.0 Å². The predicted octanol–water partition coefficient (Wildman–Crippen LogP) is 1.84. The molecule has 0 spiro atoms. The van der Waals surface area contributed by atoms with Crippen LogP contribution in [-0.2, 0) is 10.0 Å². The third kappa shape index (κ3) is 2.51. The number of nitrogens with zero attached hydrogens (tertiary/aromatic N) is 1. The molecule has 0 radical (unpaired) electrons. The first-order chi connectivity index (χ1) is 8.38.